The van der Waals surface area contributed by atoms with Gasteiger partial charge in [-0.2, -0.15) is 5.10 Å². The van der Waals surface area contributed by atoms with E-state index in [1.165, 1.54) is 30.5 Å². The van der Waals surface area contributed by atoms with Crippen molar-refractivity contribution in [3.63, 3.8) is 0 Å². The zero-order chi connectivity index (χ0) is 11.7. The molecular weight excluding hydrogens is 234 g/mol. The zero-order valence-corrected chi connectivity index (χ0v) is 10.3. The Balaban J connectivity index is 2.08. The predicted octanol–water partition coefficient (Wildman–Crippen LogP) is 3.19. The van der Waals surface area contributed by atoms with E-state index in [-0.39, 0.29) is 0 Å². The van der Waals surface area contributed by atoms with Crippen molar-refractivity contribution in [2.75, 3.05) is 0 Å². The second-order valence-electron chi connectivity index (χ2n) is 4.39. The molecule has 0 aromatic carbocycles. The van der Waals surface area contributed by atoms with Crippen molar-refractivity contribution in [1.82, 2.24) is 14.8 Å². The lowest BCUT2D eigenvalue weighted by atomic mass is 10.1. The SMILES string of the molecule is Clc1c2c(nn1-c1ccncc1)CCCCC2. The van der Waals surface area contributed by atoms with Crippen molar-refractivity contribution in [1.29, 1.82) is 0 Å². The summed E-state index contributed by atoms with van der Waals surface area (Å²) in [6, 6.07) is 3.86. The molecule has 0 saturated carbocycles. The molecule has 0 aliphatic heterocycles. The van der Waals surface area contributed by atoms with Gasteiger partial charge in [0.05, 0.1) is 11.4 Å². The fourth-order valence-corrected chi connectivity index (χ4v) is 2.69. The first-order valence-electron chi connectivity index (χ1n) is 6.03. The molecule has 2 aromatic heterocycles. The summed E-state index contributed by atoms with van der Waals surface area (Å²) in [6.45, 7) is 0. The van der Waals surface area contributed by atoms with Crippen LogP contribution in [0.4, 0.5) is 0 Å². The van der Waals surface area contributed by atoms with Crippen LogP contribution in [0.5, 0.6) is 0 Å². The van der Waals surface area contributed by atoms with Gasteiger partial charge < -0.3 is 0 Å². The van der Waals surface area contributed by atoms with E-state index >= 15 is 0 Å². The number of halogens is 1. The largest absolute Gasteiger partial charge is 0.265 e. The summed E-state index contributed by atoms with van der Waals surface area (Å²) in [7, 11) is 0. The van der Waals surface area contributed by atoms with E-state index in [1.54, 1.807) is 12.4 Å². The van der Waals surface area contributed by atoms with Crippen LogP contribution in [0.1, 0.15) is 30.5 Å². The number of hydrogen-bond donors (Lipinski definition) is 0. The summed E-state index contributed by atoms with van der Waals surface area (Å²) in [6.07, 6.45) is 9.34. The number of nitrogens with zero attached hydrogens (tertiary/aromatic N) is 3. The van der Waals surface area contributed by atoms with E-state index in [9.17, 15) is 0 Å². The van der Waals surface area contributed by atoms with Crippen LogP contribution in [-0.2, 0) is 12.8 Å². The third-order valence-corrected chi connectivity index (χ3v) is 3.64. The summed E-state index contributed by atoms with van der Waals surface area (Å²) < 4.78 is 1.83. The van der Waals surface area contributed by atoms with Crippen LogP contribution in [0, 0.1) is 0 Å². The second-order valence-corrected chi connectivity index (χ2v) is 4.75. The Labute approximate surface area is 105 Å². The molecule has 1 aliphatic carbocycles. The molecule has 2 heterocycles. The minimum absolute atomic E-state index is 0.771. The van der Waals surface area contributed by atoms with Gasteiger partial charge in [-0.3, -0.25) is 4.98 Å². The fourth-order valence-electron chi connectivity index (χ4n) is 2.35. The molecule has 3 rings (SSSR count). The fraction of sp³-hybridized carbons (Fsp3) is 0.385. The van der Waals surface area contributed by atoms with E-state index in [0.29, 0.717) is 0 Å². The maximum Gasteiger partial charge on any atom is 0.136 e. The Bertz CT molecular complexity index is 519. The van der Waals surface area contributed by atoms with Crippen LogP contribution in [0.3, 0.4) is 0 Å². The second kappa shape index (κ2) is 4.49. The molecule has 0 unspecified atom stereocenters. The minimum atomic E-state index is 0.771. The molecule has 1 aliphatic rings. The molecule has 0 radical (unpaired) electrons. The van der Waals surface area contributed by atoms with Gasteiger partial charge in [0.15, 0.2) is 0 Å². The minimum Gasteiger partial charge on any atom is -0.265 e. The van der Waals surface area contributed by atoms with E-state index < -0.39 is 0 Å². The number of pyridine rings is 1. The highest BCUT2D eigenvalue weighted by Crippen LogP contribution is 2.28. The third-order valence-electron chi connectivity index (χ3n) is 3.25. The Morgan fingerprint density at radius 2 is 1.82 bits per heavy atom. The normalized spacial score (nSPS) is 15.4. The molecule has 88 valence electrons. The first-order valence-corrected chi connectivity index (χ1v) is 6.41. The van der Waals surface area contributed by atoms with Crippen molar-refractivity contribution in [2.24, 2.45) is 0 Å². The highest BCUT2D eigenvalue weighted by Gasteiger charge is 2.18. The molecule has 0 fully saturated rings. The molecule has 0 amide bonds. The summed E-state index contributed by atoms with van der Waals surface area (Å²) in [5.74, 6) is 0. The van der Waals surface area contributed by atoms with Gasteiger partial charge in [-0.15, -0.1) is 0 Å². The molecule has 0 bridgehead atoms. The summed E-state index contributed by atoms with van der Waals surface area (Å²) in [4.78, 5) is 4.01. The van der Waals surface area contributed by atoms with Gasteiger partial charge in [0.2, 0.25) is 0 Å². The quantitative estimate of drug-likeness (QED) is 0.725. The molecule has 4 heteroatoms. The average Bonchev–Trinajstić information content (AvgIpc) is 2.56. The van der Waals surface area contributed by atoms with Crippen molar-refractivity contribution >= 4 is 11.6 Å². The van der Waals surface area contributed by atoms with Crippen LogP contribution in [0.2, 0.25) is 5.15 Å². The summed E-state index contributed by atoms with van der Waals surface area (Å²) in [5, 5.41) is 5.41. The Morgan fingerprint density at radius 3 is 2.65 bits per heavy atom. The molecule has 17 heavy (non-hydrogen) atoms. The number of hydrogen-bond acceptors (Lipinski definition) is 2. The monoisotopic (exact) mass is 247 g/mol. The van der Waals surface area contributed by atoms with Crippen LogP contribution in [0.25, 0.3) is 5.69 Å². The zero-order valence-electron chi connectivity index (χ0n) is 9.56. The van der Waals surface area contributed by atoms with Gasteiger partial charge >= 0.3 is 0 Å². The molecule has 0 spiro atoms. The summed E-state index contributed by atoms with van der Waals surface area (Å²) >= 11 is 6.43. The van der Waals surface area contributed by atoms with Gasteiger partial charge in [0, 0.05) is 18.0 Å². The topological polar surface area (TPSA) is 30.7 Å². The van der Waals surface area contributed by atoms with Gasteiger partial charge in [0.25, 0.3) is 0 Å². The standard InChI is InChI=1S/C13H14ClN3/c14-13-11-4-2-1-3-5-12(11)16-17(13)10-6-8-15-9-7-10/h6-9H,1-5H2. The summed E-state index contributed by atoms with van der Waals surface area (Å²) in [5.41, 5.74) is 3.39. The smallest absolute Gasteiger partial charge is 0.136 e. The van der Waals surface area contributed by atoms with E-state index in [0.717, 1.165) is 23.7 Å². The van der Waals surface area contributed by atoms with E-state index in [1.807, 2.05) is 16.8 Å². The molecule has 0 N–H and O–H groups in total. The molecule has 3 nitrogen and oxygen atoms in total. The van der Waals surface area contributed by atoms with E-state index in [4.69, 9.17) is 11.6 Å². The number of aryl methyl sites for hydroxylation is 1. The van der Waals surface area contributed by atoms with Gasteiger partial charge in [-0.25, -0.2) is 4.68 Å². The number of aromatic nitrogens is 3. The third kappa shape index (κ3) is 1.95. The Morgan fingerprint density at radius 1 is 1.06 bits per heavy atom. The lowest BCUT2D eigenvalue weighted by Gasteiger charge is -2.02. The maximum absolute atomic E-state index is 6.43. The maximum atomic E-state index is 6.43. The van der Waals surface area contributed by atoms with Crippen LogP contribution in [0.15, 0.2) is 24.5 Å². The lowest BCUT2D eigenvalue weighted by Crippen LogP contribution is -1.97. The first kappa shape index (κ1) is 10.8. The van der Waals surface area contributed by atoms with Gasteiger partial charge in [-0.1, -0.05) is 18.0 Å². The Kier molecular flexibility index (Phi) is 2.85. The van der Waals surface area contributed by atoms with Crippen molar-refractivity contribution in [3.05, 3.63) is 40.9 Å². The van der Waals surface area contributed by atoms with Crippen LogP contribution < -0.4 is 0 Å². The molecule has 2 aromatic rings. The molecule has 0 saturated heterocycles. The van der Waals surface area contributed by atoms with Gasteiger partial charge in [-0.05, 0) is 37.8 Å². The van der Waals surface area contributed by atoms with Gasteiger partial charge in [0.1, 0.15) is 5.15 Å². The lowest BCUT2D eigenvalue weighted by molar-refractivity contribution is 0.694. The number of fused-ring (bicyclic) bond motifs is 1. The molecular formula is C13H14ClN3. The van der Waals surface area contributed by atoms with Crippen molar-refractivity contribution < 1.29 is 0 Å². The number of rotatable bonds is 1. The van der Waals surface area contributed by atoms with Crippen molar-refractivity contribution in [3.8, 4) is 5.69 Å². The Hall–Kier alpha value is -1.35. The van der Waals surface area contributed by atoms with Crippen molar-refractivity contribution in [2.45, 2.75) is 32.1 Å². The highest BCUT2D eigenvalue weighted by atomic mass is 35.5. The first-order chi connectivity index (χ1) is 8.36. The van der Waals surface area contributed by atoms with Crippen LogP contribution in [-0.4, -0.2) is 14.8 Å². The molecule has 0 atom stereocenters. The highest BCUT2D eigenvalue weighted by molar-refractivity contribution is 6.30. The van der Waals surface area contributed by atoms with Crippen LogP contribution >= 0.6 is 11.6 Å². The average molecular weight is 248 g/mol. The van der Waals surface area contributed by atoms with E-state index in [2.05, 4.69) is 10.1 Å². The predicted molar refractivity (Wildman–Crippen MR) is 67.6 cm³/mol.